The zero-order valence-corrected chi connectivity index (χ0v) is 11.4. The van der Waals surface area contributed by atoms with Crippen molar-refractivity contribution in [1.29, 1.82) is 0 Å². The first-order chi connectivity index (χ1) is 8.77. The summed E-state index contributed by atoms with van der Waals surface area (Å²) in [4.78, 5) is 0. The van der Waals surface area contributed by atoms with Crippen molar-refractivity contribution in [3.63, 3.8) is 0 Å². The molecular weight excluding hydrogens is 224 g/mol. The SMILES string of the molecule is CCCC(C)C(NN)c1cccc2c1OCCC2. The van der Waals surface area contributed by atoms with Gasteiger partial charge in [0.05, 0.1) is 12.6 Å². The van der Waals surface area contributed by atoms with Crippen LogP contribution in [0.15, 0.2) is 18.2 Å². The third-order valence-corrected chi connectivity index (χ3v) is 3.79. The molecule has 3 nitrogen and oxygen atoms in total. The summed E-state index contributed by atoms with van der Waals surface area (Å²) in [5.74, 6) is 7.34. The Hall–Kier alpha value is -1.06. The molecule has 0 amide bonds. The standard InChI is InChI=1S/C15H24N2O/c1-3-6-11(2)14(17-16)13-9-4-7-12-8-5-10-18-15(12)13/h4,7,9,11,14,17H,3,5-6,8,10,16H2,1-2H3. The quantitative estimate of drug-likeness (QED) is 0.622. The molecule has 1 aliphatic heterocycles. The van der Waals surface area contributed by atoms with E-state index < -0.39 is 0 Å². The number of aryl methyl sites for hydroxylation is 1. The Labute approximate surface area is 110 Å². The minimum absolute atomic E-state index is 0.179. The first-order valence-electron chi connectivity index (χ1n) is 6.98. The zero-order chi connectivity index (χ0) is 13.0. The van der Waals surface area contributed by atoms with Gasteiger partial charge in [-0.2, -0.15) is 0 Å². The van der Waals surface area contributed by atoms with Gasteiger partial charge in [0.25, 0.3) is 0 Å². The maximum absolute atomic E-state index is 5.87. The Morgan fingerprint density at radius 3 is 3.00 bits per heavy atom. The molecule has 0 spiro atoms. The molecule has 1 aromatic rings. The van der Waals surface area contributed by atoms with E-state index in [1.807, 2.05) is 0 Å². The molecule has 2 rings (SSSR count). The van der Waals surface area contributed by atoms with Gasteiger partial charge in [0, 0.05) is 5.56 Å². The smallest absolute Gasteiger partial charge is 0.127 e. The summed E-state index contributed by atoms with van der Waals surface area (Å²) < 4.78 is 5.87. The topological polar surface area (TPSA) is 47.3 Å². The summed E-state index contributed by atoms with van der Waals surface area (Å²) in [6, 6.07) is 6.60. The highest BCUT2D eigenvalue weighted by molar-refractivity contribution is 5.44. The van der Waals surface area contributed by atoms with Crippen molar-refractivity contribution in [2.75, 3.05) is 6.61 Å². The van der Waals surface area contributed by atoms with Crippen molar-refractivity contribution in [3.05, 3.63) is 29.3 Å². The number of hydrogen-bond acceptors (Lipinski definition) is 3. The van der Waals surface area contributed by atoms with Crippen LogP contribution in [0.5, 0.6) is 5.75 Å². The van der Waals surface area contributed by atoms with E-state index >= 15 is 0 Å². The Morgan fingerprint density at radius 2 is 2.28 bits per heavy atom. The summed E-state index contributed by atoms with van der Waals surface area (Å²) in [5.41, 5.74) is 5.51. The maximum Gasteiger partial charge on any atom is 0.127 e. The van der Waals surface area contributed by atoms with Gasteiger partial charge in [0.2, 0.25) is 0 Å². The monoisotopic (exact) mass is 248 g/mol. The average Bonchev–Trinajstić information content (AvgIpc) is 2.40. The molecule has 100 valence electrons. The van der Waals surface area contributed by atoms with Crippen molar-refractivity contribution in [3.8, 4) is 5.75 Å². The van der Waals surface area contributed by atoms with Gasteiger partial charge in [-0.15, -0.1) is 0 Å². The number of hydrogen-bond donors (Lipinski definition) is 2. The average molecular weight is 248 g/mol. The van der Waals surface area contributed by atoms with E-state index in [0.717, 1.165) is 25.2 Å². The van der Waals surface area contributed by atoms with Crippen LogP contribution in [-0.2, 0) is 6.42 Å². The van der Waals surface area contributed by atoms with Crippen LogP contribution < -0.4 is 16.0 Å². The fraction of sp³-hybridized carbons (Fsp3) is 0.600. The highest BCUT2D eigenvalue weighted by Crippen LogP contribution is 2.36. The molecule has 3 heteroatoms. The minimum Gasteiger partial charge on any atom is -0.493 e. The van der Waals surface area contributed by atoms with E-state index in [2.05, 4.69) is 37.5 Å². The first kappa shape index (κ1) is 13.4. The molecule has 0 radical (unpaired) electrons. The van der Waals surface area contributed by atoms with Crippen molar-refractivity contribution in [2.24, 2.45) is 11.8 Å². The molecule has 2 unspecified atom stereocenters. The number of para-hydroxylation sites is 1. The van der Waals surface area contributed by atoms with E-state index in [-0.39, 0.29) is 6.04 Å². The van der Waals surface area contributed by atoms with Crippen LogP contribution in [0, 0.1) is 5.92 Å². The summed E-state index contributed by atoms with van der Waals surface area (Å²) in [6.07, 6.45) is 4.57. The molecule has 0 fully saturated rings. The normalized spacial score (nSPS) is 17.7. The molecule has 1 aromatic carbocycles. The number of hydrazine groups is 1. The molecule has 1 heterocycles. The number of nitrogens with two attached hydrogens (primary N) is 1. The molecule has 0 aliphatic carbocycles. The van der Waals surface area contributed by atoms with E-state index in [1.54, 1.807) is 0 Å². The van der Waals surface area contributed by atoms with E-state index in [1.165, 1.54) is 24.0 Å². The Morgan fingerprint density at radius 1 is 1.44 bits per heavy atom. The molecular formula is C15H24N2O. The second-order valence-corrected chi connectivity index (χ2v) is 5.20. The second-order valence-electron chi connectivity index (χ2n) is 5.20. The molecule has 18 heavy (non-hydrogen) atoms. The van der Waals surface area contributed by atoms with Gasteiger partial charge < -0.3 is 4.74 Å². The van der Waals surface area contributed by atoms with Crippen molar-refractivity contribution < 1.29 is 4.74 Å². The summed E-state index contributed by atoms with van der Waals surface area (Å²) in [7, 11) is 0. The molecule has 0 aromatic heterocycles. The highest BCUT2D eigenvalue weighted by atomic mass is 16.5. The van der Waals surface area contributed by atoms with Gasteiger partial charge in [-0.1, -0.05) is 38.5 Å². The molecule has 1 aliphatic rings. The summed E-state index contributed by atoms with van der Waals surface area (Å²) in [5, 5.41) is 0. The lowest BCUT2D eigenvalue weighted by Crippen LogP contribution is -2.33. The maximum atomic E-state index is 5.87. The number of fused-ring (bicyclic) bond motifs is 1. The number of ether oxygens (including phenoxy) is 1. The molecule has 2 atom stereocenters. The largest absolute Gasteiger partial charge is 0.493 e. The molecule has 0 bridgehead atoms. The van der Waals surface area contributed by atoms with Gasteiger partial charge in [-0.3, -0.25) is 11.3 Å². The molecule has 0 saturated heterocycles. The molecule has 0 saturated carbocycles. The lowest BCUT2D eigenvalue weighted by molar-refractivity contribution is 0.273. The Balaban J connectivity index is 2.30. The zero-order valence-electron chi connectivity index (χ0n) is 11.4. The Bertz CT molecular complexity index is 392. The van der Waals surface area contributed by atoms with Gasteiger partial charge in [0.1, 0.15) is 5.75 Å². The first-order valence-corrected chi connectivity index (χ1v) is 6.98. The lowest BCUT2D eigenvalue weighted by atomic mass is 9.89. The van der Waals surface area contributed by atoms with Gasteiger partial charge in [-0.25, -0.2) is 0 Å². The van der Waals surface area contributed by atoms with Gasteiger partial charge in [0.15, 0.2) is 0 Å². The van der Waals surface area contributed by atoms with Crippen LogP contribution in [0.3, 0.4) is 0 Å². The van der Waals surface area contributed by atoms with Gasteiger partial charge >= 0.3 is 0 Å². The van der Waals surface area contributed by atoms with Crippen LogP contribution in [0.1, 0.15) is 50.3 Å². The van der Waals surface area contributed by atoms with Crippen LogP contribution in [0.25, 0.3) is 0 Å². The predicted molar refractivity (Wildman–Crippen MR) is 74.4 cm³/mol. The fourth-order valence-corrected chi connectivity index (χ4v) is 2.84. The van der Waals surface area contributed by atoms with E-state index in [9.17, 15) is 0 Å². The van der Waals surface area contributed by atoms with Crippen LogP contribution in [0.2, 0.25) is 0 Å². The van der Waals surface area contributed by atoms with Crippen molar-refractivity contribution >= 4 is 0 Å². The molecule has 3 N–H and O–H groups in total. The predicted octanol–water partition coefficient (Wildman–Crippen LogP) is 2.95. The Kier molecular flexibility index (Phi) is 4.61. The second kappa shape index (κ2) is 6.21. The van der Waals surface area contributed by atoms with E-state index in [4.69, 9.17) is 10.6 Å². The van der Waals surface area contributed by atoms with Crippen LogP contribution >= 0.6 is 0 Å². The minimum atomic E-state index is 0.179. The van der Waals surface area contributed by atoms with Gasteiger partial charge in [-0.05, 0) is 30.7 Å². The number of nitrogens with one attached hydrogen (secondary N) is 1. The fourth-order valence-electron chi connectivity index (χ4n) is 2.84. The number of benzene rings is 1. The lowest BCUT2D eigenvalue weighted by Gasteiger charge is -2.28. The summed E-state index contributed by atoms with van der Waals surface area (Å²) in [6.45, 7) is 5.28. The number of rotatable bonds is 5. The van der Waals surface area contributed by atoms with Crippen LogP contribution in [0.4, 0.5) is 0 Å². The third-order valence-electron chi connectivity index (χ3n) is 3.79. The van der Waals surface area contributed by atoms with E-state index in [0.29, 0.717) is 5.92 Å². The van der Waals surface area contributed by atoms with Crippen molar-refractivity contribution in [2.45, 2.75) is 45.6 Å². The highest BCUT2D eigenvalue weighted by Gasteiger charge is 2.24. The summed E-state index contributed by atoms with van der Waals surface area (Å²) >= 11 is 0. The third kappa shape index (κ3) is 2.68. The van der Waals surface area contributed by atoms with Crippen molar-refractivity contribution in [1.82, 2.24) is 5.43 Å². The van der Waals surface area contributed by atoms with Crippen LogP contribution in [-0.4, -0.2) is 6.61 Å².